The lowest BCUT2D eigenvalue weighted by Crippen LogP contribution is -2.40. The fourth-order valence-electron chi connectivity index (χ4n) is 4.80. The Hall–Kier alpha value is -4.40. The minimum absolute atomic E-state index is 0.0303. The minimum Gasteiger partial charge on any atom is -0.504 e. The summed E-state index contributed by atoms with van der Waals surface area (Å²) in [4.78, 5) is 32.1. The second-order valence-corrected chi connectivity index (χ2v) is 8.85. The van der Waals surface area contributed by atoms with Crippen molar-refractivity contribution >= 4 is 22.8 Å². The molecule has 2 aromatic heterocycles. The number of carbonyl (C=O) groups is 2. The van der Waals surface area contributed by atoms with E-state index in [0.717, 1.165) is 11.1 Å². The summed E-state index contributed by atoms with van der Waals surface area (Å²) in [5.41, 5.74) is 2.18. The Kier molecular flexibility index (Phi) is 5.09. The molecule has 4 aromatic rings. The number of ether oxygens (including phenoxy) is 1. The first kappa shape index (κ1) is 21.2. The summed E-state index contributed by atoms with van der Waals surface area (Å²) >= 11 is 0. The van der Waals surface area contributed by atoms with Crippen molar-refractivity contribution in [3.8, 4) is 17.2 Å². The third-order valence-corrected chi connectivity index (χ3v) is 6.58. The van der Waals surface area contributed by atoms with Crippen LogP contribution < -0.4 is 10.1 Å². The van der Waals surface area contributed by atoms with E-state index in [9.17, 15) is 14.7 Å². The maximum atomic E-state index is 13.4. The number of benzene rings is 2. The van der Waals surface area contributed by atoms with E-state index in [0.29, 0.717) is 42.0 Å². The topological polar surface area (TPSA) is 118 Å². The van der Waals surface area contributed by atoms with Gasteiger partial charge in [-0.1, -0.05) is 23.4 Å². The number of rotatable bonds is 1. The van der Waals surface area contributed by atoms with Crippen molar-refractivity contribution in [1.82, 2.24) is 20.4 Å². The Morgan fingerprint density at radius 2 is 2.00 bits per heavy atom. The number of phenols is 1. The number of nitrogens with one attached hydrogen (secondary N) is 1. The van der Waals surface area contributed by atoms with Gasteiger partial charge >= 0.3 is 0 Å². The average Bonchev–Trinajstić information content (AvgIpc) is 3.48. The Morgan fingerprint density at radius 1 is 1.09 bits per heavy atom. The van der Waals surface area contributed by atoms with Gasteiger partial charge in [0.05, 0.1) is 11.4 Å². The number of aromatic hydroxyl groups is 1. The molecule has 2 aliphatic heterocycles. The van der Waals surface area contributed by atoms with Crippen molar-refractivity contribution in [2.45, 2.75) is 24.8 Å². The number of hydrogen-bond donors (Lipinski definition) is 2. The minimum atomic E-state index is -0.296. The van der Waals surface area contributed by atoms with E-state index in [-0.39, 0.29) is 41.7 Å². The summed E-state index contributed by atoms with van der Waals surface area (Å²) in [7, 11) is 0. The lowest BCUT2D eigenvalue weighted by molar-refractivity contribution is -0.121. The zero-order valence-corrected chi connectivity index (χ0v) is 18.7. The third kappa shape index (κ3) is 3.95. The van der Waals surface area contributed by atoms with Gasteiger partial charge in [0.2, 0.25) is 17.3 Å². The van der Waals surface area contributed by atoms with Gasteiger partial charge in [-0.25, -0.2) is 4.98 Å². The zero-order chi connectivity index (χ0) is 23.9. The number of carbonyl (C=O) groups excluding carboxylic acids is 2. The summed E-state index contributed by atoms with van der Waals surface area (Å²) in [5.74, 6) is 0.518. The molecule has 1 saturated heterocycles. The van der Waals surface area contributed by atoms with Gasteiger partial charge < -0.3 is 24.6 Å². The molecule has 0 spiro atoms. The summed E-state index contributed by atoms with van der Waals surface area (Å²) < 4.78 is 11.3. The van der Waals surface area contributed by atoms with Crippen molar-refractivity contribution in [3.05, 3.63) is 77.7 Å². The second-order valence-electron chi connectivity index (χ2n) is 8.85. The van der Waals surface area contributed by atoms with Crippen LogP contribution in [-0.4, -0.2) is 51.1 Å². The highest BCUT2D eigenvalue weighted by atomic mass is 16.5. The predicted octanol–water partition coefficient (Wildman–Crippen LogP) is 3.39. The Morgan fingerprint density at radius 3 is 2.91 bits per heavy atom. The van der Waals surface area contributed by atoms with Crippen LogP contribution in [0.2, 0.25) is 0 Å². The van der Waals surface area contributed by atoms with E-state index in [1.165, 1.54) is 0 Å². The molecule has 1 fully saturated rings. The second kappa shape index (κ2) is 8.43. The van der Waals surface area contributed by atoms with E-state index in [4.69, 9.17) is 9.26 Å². The number of amides is 2. The summed E-state index contributed by atoms with van der Waals surface area (Å²) in [5, 5.41) is 17.8. The first-order valence-electron chi connectivity index (χ1n) is 11.4. The molecule has 9 heteroatoms. The number of aromatic nitrogens is 2. The first-order chi connectivity index (χ1) is 17.0. The molecule has 0 aliphatic carbocycles. The zero-order valence-electron chi connectivity index (χ0n) is 18.7. The summed E-state index contributed by atoms with van der Waals surface area (Å²) in [6.45, 7) is 0.714. The predicted molar refractivity (Wildman–Crippen MR) is 125 cm³/mol. The molecule has 2 aromatic carbocycles. The van der Waals surface area contributed by atoms with E-state index in [1.807, 2.05) is 24.3 Å². The SMILES string of the molecule is O=C1CCc2ccc(O)c(c2)Oc2cccc(c2)[C@@H]2CN(C(=O)c3onc4ncccc34)C[C@H]2N1. The number of nitrogens with zero attached hydrogens (tertiary/aromatic N) is 3. The van der Waals surface area contributed by atoms with Gasteiger partial charge in [0.25, 0.3) is 5.91 Å². The lowest BCUT2D eigenvalue weighted by Gasteiger charge is -2.20. The normalized spacial score (nSPS) is 19.7. The van der Waals surface area contributed by atoms with Crippen molar-refractivity contribution < 1.29 is 24.0 Å². The standard InChI is InChI=1S/C26H22N4O5/c31-21-8-6-15-7-9-23(32)28-20-14-30(26(33)24-18-5-2-10-27-25(18)29-35-24)13-19(20)16-3-1-4-17(12-16)34-22(21)11-15/h1-6,8,10-12,19-20,31H,7,9,13-14H2,(H,28,32)/t19-,20+/m0/s1. The molecule has 6 rings (SSSR count). The fraction of sp³-hybridized carbons (Fsp3) is 0.231. The molecule has 2 amide bonds. The van der Waals surface area contributed by atoms with Gasteiger partial charge in [-0.05, 0) is 53.9 Å². The lowest BCUT2D eigenvalue weighted by atomic mass is 9.94. The molecular formula is C26H22N4O5. The maximum absolute atomic E-state index is 13.4. The van der Waals surface area contributed by atoms with Crippen LogP contribution in [0.25, 0.3) is 11.0 Å². The van der Waals surface area contributed by atoms with E-state index < -0.39 is 0 Å². The number of phenolic OH excluding ortho intramolecular Hbond substituents is 1. The Bertz CT molecular complexity index is 1450. The van der Waals surface area contributed by atoms with Gasteiger partial charge in [-0.2, -0.15) is 0 Å². The van der Waals surface area contributed by atoms with Gasteiger partial charge in [-0.3, -0.25) is 9.59 Å². The van der Waals surface area contributed by atoms with Crippen LogP contribution in [0, 0.1) is 0 Å². The van der Waals surface area contributed by atoms with Gasteiger partial charge in [0, 0.05) is 31.6 Å². The van der Waals surface area contributed by atoms with Crippen LogP contribution in [0.4, 0.5) is 0 Å². The van der Waals surface area contributed by atoms with Crippen LogP contribution in [0.15, 0.2) is 65.3 Å². The molecule has 2 N–H and O–H groups in total. The molecule has 35 heavy (non-hydrogen) atoms. The maximum Gasteiger partial charge on any atom is 0.293 e. The quantitative estimate of drug-likeness (QED) is 0.438. The number of fused-ring (bicyclic) bond motifs is 7. The Balaban J connectivity index is 1.34. The van der Waals surface area contributed by atoms with Crippen LogP contribution in [-0.2, 0) is 11.2 Å². The molecule has 0 unspecified atom stereocenters. The monoisotopic (exact) mass is 470 g/mol. The third-order valence-electron chi connectivity index (χ3n) is 6.58. The molecular weight excluding hydrogens is 448 g/mol. The molecule has 4 bridgehead atoms. The van der Waals surface area contributed by atoms with Crippen LogP contribution in [0.3, 0.4) is 0 Å². The largest absolute Gasteiger partial charge is 0.504 e. The highest BCUT2D eigenvalue weighted by Crippen LogP contribution is 2.36. The van der Waals surface area contributed by atoms with Crippen LogP contribution in [0.5, 0.6) is 17.2 Å². The molecule has 2 aliphatic rings. The van der Waals surface area contributed by atoms with Crippen LogP contribution >= 0.6 is 0 Å². The highest BCUT2D eigenvalue weighted by Gasteiger charge is 2.39. The number of likely N-dealkylation sites (tertiary alicyclic amines) is 1. The van der Waals surface area contributed by atoms with E-state index in [1.54, 1.807) is 41.4 Å². The van der Waals surface area contributed by atoms with Crippen molar-refractivity contribution in [1.29, 1.82) is 0 Å². The molecule has 9 nitrogen and oxygen atoms in total. The average molecular weight is 470 g/mol. The molecule has 0 saturated carbocycles. The Labute approximate surface area is 200 Å². The smallest absolute Gasteiger partial charge is 0.293 e. The van der Waals surface area contributed by atoms with Crippen LogP contribution in [0.1, 0.15) is 34.0 Å². The van der Waals surface area contributed by atoms with Gasteiger partial charge in [-0.15, -0.1) is 0 Å². The summed E-state index contributed by atoms with van der Waals surface area (Å²) in [6.07, 6.45) is 2.37. The summed E-state index contributed by atoms with van der Waals surface area (Å²) in [6, 6.07) is 15.8. The van der Waals surface area contributed by atoms with Gasteiger partial charge in [0.1, 0.15) is 5.75 Å². The number of hydrogen-bond acceptors (Lipinski definition) is 7. The molecule has 176 valence electrons. The molecule has 4 heterocycles. The van der Waals surface area contributed by atoms with E-state index in [2.05, 4.69) is 15.5 Å². The highest BCUT2D eigenvalue weighted by molar-refractivity contribution is 6.02. The van der Waals surface area contributed by atoms with Crippen molar-refractivity contribution in [2.75, 3.05) is 13.1 Å². The van der Waals surface area contributed by atoms with Crippen molar-refractivity contribution in [2.24, 2.45) is 0 Å². The number of aryl methyl sites for hydroxylation is 1. The first-order valence-corrected chi connectivity index (χ1v) is 11.4. The molecule has 0 radical (unpaired) electrons. The molecule has 2 atom stereocenters. The van der Waals surface area contributed by atoms with E-state index >= 15 is 0 Å². The fourth-order valence-corrected chi connectivity index (χ4v) is 4.80. The van der Waals surface area contributed by atoms with Crippen molar-refractivity contribution in [3.63, 3.8) is 0 Å². The van der Waals surface area contributed by atoms with Gasteiger partial charge in [0.15, 0.2) is 11.5 Å². The number of pyridine rings is 1.